The van der Waals surface area contributed by atoms with Crippen molar-refractivity contribution in [3.8, 4) is 6.07 Å². The number of amides is 1. The van der Waals surface area contributed by atoms with Crippen molar-refractivity contribution in [2.75, 3.05) is 18.4 Å². The van der Waals surface area contributed by atoms with Crippen molar-refractivity contribution in [2.45, 2.75) is 51.5 Å². The standard InChI is InChI=1S/C23H27N3OS/c24-15-18-4-5-19-6-11-26(16-20(19)14-18)12-10-23(8-2-1-3-9-23)22(27)25-21-7-13-28-17-21/h4-5,7,13-14,17H,1-3,6,8-12,16H2,(H,25,27). The molecule has 2 aromatic rings. The molecule has 1 fully saturated rings. The van der Waals surface area contributed by atoms with Crippen molar-refractivity contribution in [1.82, 2.24) is 4.90 Å². The number of fused-ring (bicyclic) bond motifs is 1. The second-order valence-electron chi connectivity index (χ2n) is 8.18. The van der Waals surface area contributed by atoms with Crippen molar-refractivity contribution >= 4 is 22.9 Å². The van der Waals surface area contributed by atoms with Crippen molar-refractivity contribution in [3.05, 3.63) is 51.7 Å². The Morgan fingerprint density at radius 1 is 1.21 bits per heavy atom. The lowest BCUT2D eigenvalue weighted by molar-refractivity contribution is -0.128. The number of nitrogens with one attached hydrogen (secondary N) is 1. The van der Waals surface area contributed by atoms with E-state index in [1.54, 1.807) is 11.3 Å². The quantitative estimate of drug-likeness (QED) is 0.781. The summed E-state index contributed by atoms with van der Waals surface area (Å²) in [5, 5.41) is 16.3. The number of carbonyl (C=O) groups excluding carboxylic acids is 1. The minimum atomic E-state index is -0.241. The fourth-order valence-electron chi connectivity index (χ4n) is 4.67. The molecule has 4 nitrogen and oxygen atoms in total. The molecule has 1 aromatic heterocycles. The van der Waals surface area contributed by atoms with Crippen LogP contribution in [0.4, 0.5) is 5.69 Å². The first-order valence-electron chi connectivity index (χ1n) is 10.3. The van der Waals surface area contributed by atoms with Crippen molar-refractivity contribution in [3.63, 3.8) is 0 Å². The highest BCUT2D eigenvalue weighted by molar-refractivity contribution is 7.08. The topological polar surface area (TPSA) is 56.1 Å². The molecule has 0 radical (unpaired) electrons. The normalized spacial score (nSPS) is 18.8. The van der Waals surface area contributed by atoms with Crippen LogP contribution in [-0.4, -0.2) is 23.9 Å². The Bertz CT molecular complexity index is 862. The molecule has 1 N–H and O–H groups in total. The Morgan fingerprint density at radius 2 is 2.07 bits per heavy atom. The van der Waals surface area contributed by atoms with Crippen LogP contribution in [0.15, 0.2) is 35.0 Å². The second kappa shape index (κ2) is 8.46. The smallest absolute Gasteiger partial charge is 0.230 e. The van der Waals surface area contributed by atoms with E-state index in [4.69, 9.17) is 0 Å². The SMILES string of the molecule is N#Cc1ccc2c(c1)CN(CCC1(C(=O)Nc3ccsc3)CCCCC1)CC2. The Balaban J connectivity index is 1.43. The summed E-state index contributed by atoms with van der Waals surface area (Å²) in [6.45, 7) is 2.85. The number of hydrogen-bond donors (Lipinski definition) is 1. The largest absolute Gasteiger partial charge is 0.325 e. The van der Waals surface area contributed by atoms with Crippen LogP contribution in [0.1, 0.15) is 55.2 Å². The minimum absolute atomic E-state index is 0.203. The number of nitrogens with zero attached hydrogens (tertiary/aromatic N) is 2. The van der Waals surface area contributed by atoms with Gasteiger partial charge in [-0.15, -0.1) is 0 Å². The Morgan fingerprint density at radius 3 is 2.82 bits per heavy atom. The summed E-state index contributed by atoms with van der Waals surface area (Å²) in [6.07, 6.45) is 7.45. The van der Waals surface area contributed by atoms with Gasteiger partial charge in [0.15, 0.2) is 0 Å². The van der Waals surface area contributed by atoms with Crippen LogP contribution in [0.2, 0.25) is 0 Å². The van der Waals surface area contributed by atoms with Gasteiger partial charge < -0.3 is 5.32 Å². The van der Waals surface area contributed by atoms with Gasteiger partial charge in [-0.05, 0) is 66.9 Å². The van der Waals surface area contributed by atoms with E-state index in [2.05, 4.69) is 22.4 Å². The highest BCUT2D eigenvalue weighted by Crippen LogP contribution is 2.41. The fourth-order valence-corrected chi connectivity index (χ4v) is 5.25. The number of anilines is 1. The summed E-state index contributed by atoms with van der Waals surface area (Å²) >= 11 is 1.61. The number of nitriles is 1. The van der Waals surface area contributed by atoms with Gasteiger partial charge >= 0.3 is 0 Å². The first-order chi connectivity index (χ1) is 13.7. The van der Waals surface area contributed by atoms with Crippen molar-refractivity contribution in [2.24, 2.45) is 5.41 Å². The molecule has 5 heteroatoms. The Labute approximate surface area is 171 Å². The first kappa shape index (κ1) is 19.2. The lowest BCUT2D eigenvalue weighted by atomic mass is 9.71. The molecule has 4 rings (SSSR count). The zero-order chi connectivity index (χ0) is 19.4. The summed E-state index contributed by atoms with van der Waals surface area (Å²) < 4.78 is 0. The predicted octanol–water partition coefficient (Wildman–Crippen LogP) is 4.96. The third-order valence-corrected chi connectivity index (χ3v) is 7.09. The molecule has 28 heavy (non-hydrogen) atoms. The molecule has 2 heterocycles. The van der Waals surface area contributed by atoms with Crippen LogP contribution in [-0.2, 0) is 17.8 Å². The second-order valence-corrected chi connectivity index (χ2v) is 8.96. The predicted molar refractivity (Wildman–Crippen MR) is 113 cm³/mol. The number of benzene rings is 1. The molecule has 1 saturated carbocycles. The molecular weight excluding hydrogens is 366 g/mol. The van der Waals surface area contributed by atoms with E-state index in [1.807, 2.05) is 29.0 Å². The molecule has 1 aliphatic heterocycles. The number of thiophene rings is 1. The Hall–Kier alpha value is -2.16. The molecule has 0 bridgehead atoms. The van der Waals surface area contributed by atoms with E-state index in [0.29, 0.717) is 0 Å². The molecule has 1 aliphatic carbocycles. The van der Waals surface area contributed by atoms with E-state index in [9.17, 15) is 10.1 Å². The van der Waals surface area contributed by atoms with Gasteiger partial charge in [-0.1, -0.05) is 25.3 Å². The number of rotatable bonds is 5. The maximum atomic E-state index is 13.2. The third kappa shape index (κ3) is 4.14. The molecule has 1 amide bonds. The number of carbonyl (C=O) groups is 1. The molecule has 0 unspecified atom stereocenters. The average Bonchev–Trinajstić information content (AvgIpc) is 3.25. The lowest BCUT2D eigenvalue weighted by Gasteiger charge is -2.38. The zero-order valence-corrected chi connectivity index (χ0v) is 17.1. The lowest BCUT2D eigenvalue weighted by Crippen LogP contribution is -2.42. The zero-order valence-electron chi connectivity index (χ0n) is 16.2. The third-order valence-electron chi connectivity index (χ3n) is 6.40. The van der Waals surface area contributed by atoms with E-state index < -0.39 is 0 Å². The van der Waals surface area contributed by atoms with Gasteiger partial charge in [0.25, 0.3) is 0 Å². The van der Waals surface area contributed by atoms with Gasteiger partial charge in [0.2, 0.25) is 5.91 Å². The van der Waals surface area contributed by atoms with Gasteiger partial charge in [0, 0.05) is 18.5 Å². The summed E-state index contributed by atoms with van der Waals surface area (Å²) in [5.74, 6) is 0.203. The highest BCUT2D eigenvalue weighted by Gasteiger charge is 2.39. The molecule has 0 saturated heterocycles. The monoisotopic (exact) mass is 393 g/mol. The summed E-state index contributed by atoms with van der Waals surface area (Å²) in [5.41, 5.74) is 4.05. The molecule has 2 aliphatic rings. The molecule has 146 valence electrons. The summed E-state index contributed by atoms with van der Waals surface area (Å²) in [7, 11) is 0. The first-order valence-corrected chi connectivity index (χ1v) is 11.2. The summed E-state index contributed by atoms with van der Waals surface area (Å²) in [4.78, 5) is 15.6. The van der Waals surface area contributed by atoms with Gasteiger partial charge in [-0.3, -0.25) is 9.69 Å². The van der Waals surface area contributed by atoms with Crippen LogP contribution in [0.5, 0.6) is 0 Å². The Kier molecular flexibility index (Phi) is 5.79. The fraction of sp³-hybridized carbons (Fsp3) is 0.478. The van der Waals surface area contributed by atoms with Crippen LogP contribution >= 0.6 is 11.3 Å². The highest BCUT2D eigenvalue weighted by atomic mass is 32.1. The maximum Gasteiger partial charge on any atom is 0.230 e. The van der Waals surface area contributed by atoms with Crippen LogP contribution in [0, 0.1) is 16.7 Å². The summed E-state index contributed by atoms with van der Waals surface area (Å²) in [6, 6.07) is 10.3. The van der Waals surface area contributed by atoms with Crippen LogP contribution in [0.25, 0.3) is 0 Å². The van der Waals surface area contributed by atoms with Gasteiger partial charge in [0.1, 0.15) is 0 Å². The van der Waals surface area contributed by atoms with Crippen molar-refractivity contribution in [1.29, 1.82) is 5.26 Å². The minimum Gasteiger partial charge on any atom is -0.325 e. The van der Waals surface area contributed by atoms with Gasteiger partial charge in [-0.25, -0.2) is 0 Å². The van der Waals surface area contributed by atoms with Crippen LogP contribution < -0.4 is 5.32 Å². The van der Waals surface area contributed by atoms with Crippen LogP contribution in [0.3, 0.4) is 0 Å². The van der Waals surface area contributed by atoms with E-state index >= 15 is 0 Å². The van der Waals surface area contributed by atoms with Gasteiger partial charge in [-0.2, -0.15) is 16.6 Å². The number of hydrogen-bond acceptors (Lipinski definition) is 4. The van der Waals surface area contributed by atoms with E-state index in [-0.39, 0.29) is 11.3 Å². The molecule has 0 atom stereocenters. The molecular formula is C23H27N3OS. The van der Waals surface area contributed by atoms with E-state index in [0.717, 1.165) is 69.4 Å². The average molecular weight is 394 g/mol. The molecule has 0 spiro atoms. The van der Waals surface area contributed by atoms with E-state index in [1.165, 1.54) is 17.5 Å². The van der Waals surface area contributed by atoms with Crippen molar-refractivity contribution < 1.29 is 4.79 Å². The maximum absolute atomic E-state index is 13.2. The van der Waals surface area contributed by atoms with Gasteiger partial charge in [0.05, 0.1) is 22.7 Å². The molecule has 1 aromatic carbocycles.